The Bertz CT molecular complexity index is 826. The predicted octanol–water partition coefficient (Wildman–Crippen LogP) is 4.39. The third kappa shape index (κ3) is 2.90. The number of para-hydroxylation sites is 1. The number of nitrogens with zero attached hydrogens (tertiary/aromatic N) is 2. The van der Waals surface area contributed by atoms with Gasteiger partial charge in [-0.25, -0.2) is 4.98 Å². The summed E-state index contributed by atoms with van der Waals surface area (Å²) in [5.74, 6) is 0. The van der Waals surface area contributed by atoms with Gasteiger partial charge in [-0.1, -0.05) is 41.9 Å². The SMILES string of the molecule is Clc1ccc(-c2nc3ccccc3cc2N2CCOCC2)cc1. The normalized spacial score (nSPS) is 15.1. The molecule has 0 atom stereocenters. The molecular formula is C19H17ClN2O. The molecule has 4 rings (SSSR count). The lowest BCUT2D eigenvalue weighted by atomic mass is 10.1. The molecule has 0 N–H and O–H groups in total. The smallest absolute Gasteiger partial charge is 0.0943 e. The highest BCUT2D eigenvalue weighted by Gasteiger charge is 2.18. The fourth-order valence-electron chi connectivity index (χ4n) is 2.97. The minimum absolute atomic E-state index is 0.738. The fraction of sp³-hybridized carbons (Fsp3) is 0.211. The molecule has 4 heteroatoms. The van der Waals surface area contributed by atoms with Crippen molar-refractivity contribution in [2.24, 2.45) is 0 Å². The van der Waals surface area contributed by atoms with Crippen LogP contribution in [0.2, 0.25) is 5.02 Å². The third-order valence-electron chi connectivity index (χ3n) is 4.17. The van der Waals surface area contributed by atoms with Crippen LogP contribution in [-0.4, -0.2) is 31.3 Å². The zero-order chi connectivity index (χ0) is 15.6. The topological polar surface area (TPSA) is 25.4 Å². The van der Waals surface area contributed by atoms with Gasteiger partial charge in [0, 0.05) is 29.1 Å². The van der Waals surface area contributed by atoms with Gasteiger partial charge in [0.25, 0.3) is 0 Å². The Hall–Kier alpha value is -2.10. The van der Waals surface area contributed by atoms with Gasteiger partial charge in [0.05, 0.1) is 30.1 Å². The first-order valence-corrected chi connectivity index (χ1v) is 8.17. The van der Waals surface area contributed by atoms with Crippen molar-refractivity contribution < 1.29 is 4.74 Å². The van der Waals surface area contributed by atoms with E-state index in [1.165, 1.54) is 0 Å². The molecule has 2 aromatic carbocycles. The molecule has 23 heavy (non-hydrogen) atoms. The molecule has 2 heterocycles. The second-order valence-electron chi connectivity index (χ2n) is 5.66. The van der Waals surface area contributed by atoms with Crippen molar-refractivity contribution in [1.82, 2.24) is 4.98 Å². The van der Waals surface area contributed by atoms with Crippen LogP contribution >= 0.6 is 11.6 Å². The maximum absolute atomic E-state index is 6.04. The highest BCUT2D eigenvalue weighted by Crippen LogP contribution is 2.33. The van der Waals surface area contributed by atoms with E-state index in [0.29, 0.717) is 0 Å². The Morgan fingerprint density at radius 2 is 1.70 bits per heavy atom. The quantitative estimate of drug-likeness (QED) is 0.699. The van der Waals surface area contributed by atoms with Crippen LogP contribution in [0.4, 0.5) is 5.69 Å². The molecule has 0 bridgehead atoms. The van der Waals surface area contributed by atoms with Crippen molar-refractivity contribution in [3.8, 4) is 11.3 Å². The van der Waals surface area contributed by atoms with Crippen LogP contribution in [0.1, 0.15) is 0 Å². The Kier molecular flexibility index (Phi) is 3.90. The number of rotatable bonds is 2. The molecule has 3 nitrogen and oxygen atoms in total. The first-order valence-electron chi connectivity index (χ1n) is 7.80. The summed E-state index contributed by atoms with van der Waals surface area (Å²) in [5, 5.41) is 1.90. The lowest BCUT2D eigenvalue weighted by molar-refractivity contribution is 0.122. The summed E-state index contributed by atoms with van der Waals surface area (Å²) in [6.07, 6.45) is 0. The average molecular weight is 325 g/mol. The highest BCUT2D eigenvalue weighted by molar-refractivity contribution is 6.30. The van der Waals surface area contributed by atoms with E-state index in [9.17, 15) is 0 Å². The average Bonchev–Trinajstić information content (AvgIpc) is 2.62. The van der Waals surface area contributed by atoms with Gasteiger partial charge >= 0.3 is 0 Å². The van der Waals surface area contributed by atoms with Crippen molar-refractivity contribution in [3.63, 3.8) is 0 Å². The molecule has 0 unspecified atom stereocenters. The molecule has 116 valence electrons. The molecule has 1 aliphatic heterocycles. The second-order valence-corrected chi connectivity index (χ2v) is 6.09. The van der Waals surface area contributed by atoms with Gasteiger partial charge in [-0.05, 0) is 24.3 Å². The maximum atomic E-state index is 6.04. The number of anilines is 1. The van der Waals surface area contributed by atoms with Crippen LogP contribution < -0.4 is 4.90 Å². The molecule has 1 saturated heterocycles. The van der Waals surface area contributed by atoms with E-state index < -0.39 is 0 Å². The molecule has 0 radical (unpaired) electrons. The van der Waals surface area contributed by atoms with Gasteiger partial charge in [-0.2, -0.15) is 0 Å². The number of aromatic nitrogens is 1. The number of morpholine rings is 1. The van der Waals surface area contributed by atoms with E-state index in [4.69, 9.17) is 21.3 Å². The molecule has 0 amide bonds. The van der Waals surface area contributed by atoms with Crippen molar-refractivity contribution >= 4 is 28.2 Å². The fourth-order valence-corrected chi connectivity index (χ4v) is 3.10. The number of hydrogen-bond acceptors (Lipinski definition) is 3. The Morgan fingerprint density at radius 3 is 2.48 bits per heavy atom. The molecule has 1 aromatic heterocycles. The van der Waals surface area contributed by atoms with Crippen LogP contribution in [0.25, 0.3) is 22.2 Å². The molecule has 1 fully saturated rings. The standard InChI is InChI=1S/C19H17ClN2O/c20-16-7-5-14(6-8-16)19-18(22-9-11-23-12-10-22)13-15-3-1-2-4-17(15)21-19/h1-8,13H,9-12H2. The van der Waals surface area contributed by atoms with Crippen LogP contribution in [0.15, 0.2) is 54.6 Å². The van der Waals surface area contributed by atoms with E-state index in [1.54, 1.807) is 0 Å². The summed E-state index contributed by atoms with van der Waals surface area (Å²) in [5.41, 5.74) is 4.26. The van der Waals surface area contributed by atoms with Crippen LogP contribution in [0, 0.1) is 0 Å². The van der Waals surface area contributed by atoms with Gasteiger partial charge < -0.3 is 9.64 Å². The number of halogens is 1. The highest BCUT2D eigenvalue weighted by atomic mass is 35.5. The molecule has 0 aliphatic carbocycles. The number of ether oxygens (including phenoxy) is 1. The van der Waals surface area contributed by atoms with E-state index >= 15 is 0 Å². The minimum Gasteiger partial charge on any atom is -0.378 e. The predicted molar refractivity (Wildman–Crippen MR) is 95.2 cm³/mol. The van der Waals surface area contributed by atoms with Crippen molar-refractivity contribution in [1.29, 1.82) is 0 Å². The summed E-state index contributed by atoms with van der Waals surface area (Å²) in [6, 6.07) is 18.4. The van der Waals surface area contributed by atoms with Gasteiger partial charge in [-0.3, -0.25) is 0 Å². The lowest BCUT2D eigenvalue weighted by Crippen LogP contribution is -2.36. The van der Waals surface area contributed by atoms with Crippen molar-refractivity contribution in [2.45, 2.75) is 0 Å². The van der Waals surface area contributed by atoms with E-state index in [-0.39, 0.29) is 0 Å². The first kappa shape index (κ1) is 14.5. The lowest BCUT2D eigenvalue weighted by Gasteiger charge is -2.30. The van der Waals surface area contributed by atoms with Gasteiger partial charge in [-0.15, -0.1) is 0 Å². The number of fused-ring (bicyclic) bond motifs is 1. The van der Waals surface area contributed by atoms with Crippen molar-refractivity contribution in [3.05, 3.63) is 59.6 Å². The summed E-state index contributed by atoms with van der Waals surface area (Å²) in [7, 11) is 0. The second kappa shape index (κ2) is 6.19. The molecule has 3 aromatic rings. The number of benzene rings is 2. The molecule has 0 saturated carbocycles. The van der Waals surface area contributed by atoms with Gasteiger partial charge in [0.1, 0.15) is 0 Å². The summed E-state index contributed by atoms with van der Waals surface area (Å²) < 4.78 is 5.49. The van der Waals surface area contributed by atoms with Crippen LogP contribution in [0.3, 0.4) is 0 Å². The Morgan fingerprint density at radius 1 is 0.957 bits per heavy atom. The number of hydrogen-bond donors (Lipinski definition) is 0. The first-order chi connectivity index (χ1) is 11.3. The Balaban J connectivity index is 1.89. The monoisotopic (exact) mass is 324 g/mol. The Labute approximate surface area is 140 Å². The summed E-state index contributed by atoms with van der Waals surface area (Å²) in [4.78, 5) is 7.28. The summed E-state index contributed by atoms with van der Waals surface area (Å²) >= 11 is 6.04. The number of pyridine rings is 1. The zero-order valence-corrected chi connectivity index (χ0v) is 13.5. The molecular weight excluding hydrogens is 308 g/mol. The van der Waals surface area contributed by atoms with Crippen molar-refractivity contribution in [2.75, 3.05) is 31.2 Å². The minimum atomic E-state index is 0.738. The van der Waals surface area contributed by atoms with E-state index in [2.05, 4.69) is 29.2 Å². The largest absolute Gasteiger partial charge is 0.378 e. The maximum Gasteiger partial charge on any atom is 0.0943 e. The van der Waals surface area contributed by atoms with Gasteiger partial charge in [0.2, 0.25) is 0 Å². The summed E-state index contributed by atoms with van der Waals surface area (Å²) in [6.45, 7) is 3.29. The van der Waals surface area contributed by atoms with Crippen LogP contribution in [0.5, 0.6) is 0 Å². The third-order valence-corrected chi connectivity index (χ3v) is 4.43. The zero-order valence-electron chi connectivity index (χ0n) is 12.7. The van der Waals surface area contributed by atoms with Gasteiger partial charge in [0.15, 0.2) is 0 Å². The molecule has 1 aliphatic rings. The van der Waals surface area contributed by atoms with E-state index in [0.717, 1.165) is 59.2 Å². The van der Waals surface area contributed by atoms with E-state index in [1.807, 2.05) is 30.3 Å². The molecule has 0 spiro atoms. The van der Waals surface area contributed by atoms with Crippen LogP contribution in [-0.2, 0) is 4.74 Å².